The van der Waals surface area contributed by atoms with E-state index < -0.39 is 0 Å². The fourth-order valence-electron chi connectivity index (χ4n) is 2.13. The third kappa shape index (κ3) is 9.78. The van der Waals surface area contributed by atoms with Gasteiger partial charge in [0.15, 0.2) is 0 Å². The molecule has 0 aliphatic carbocycles. The second-order valence-corrected chi connectivity index (χ2v) is 8.77. The van der Waals surface area contributed by atoms with Crippen LogP contribution < -0.4 is 17.2 Å². The lowest BCUT2D eigenvalue weighted by atomic mass is 9.88. The van der Waals surface area contributed by atoms with Crippen LogP contribution in [-0.2, 0) is 0 Å². The summed E-state index contributed by atoms with van der Waals surface area (Å²) in [6, 6.07) is 0.285. The van der Waals surface area contributed by atoms with E-state index in [0.29, 0.717) is 5.92 Å². The highest BCUT2D eigenvalue weighted by Crippen LogP contribution is 2.22. The van der Waals surface area contributed by atoms with Gasteiger partial charge in [-0.25, -0.2) is 0 Å². The molecule has 0 aliphatic rings. The van der Waals surface area contributed by atoms with Crippen LogP contribution in [0.3, 0.4) is 0 Å². The molecule has 1 unspecified atom stereocenters. The third-order valence-corrected chi connectivity index (χ3v) is 4.95. The zero-order chi connectivity index (χ0) is 17.4. The molecule has 4 nitrogen and oxygen atoms in total. The van der Waals surface area contributed by atoms with Crippen molar-refractivity contribution in [1.29, 1.82) is 0 Å². The lowest BCUT2D eigenvalue weighted by Crippen LogP contribution is -2.38. The van der Waals surface area contributed by atoms with Crippen molar-refractivity contribution < 1.29 is 0 Å². The molecule has 0 amide bonds. The van der Waals surface area contributed by atoms with Crippen molar-refractivity contribution in [3.63, 3.8) is 0 Å². The summed E-state index contributed by atoms with van der Waals surface area (Å²) in [4.78, 5) is 2.55. The summed E-state index contributed by atoms with van der Waals surface area (Å²) < 4.78 is 0. The molecule has 0 radical (unpaired) electrons. The lowest BCUT2D eigenvalue weighted by molar-refractivity contribution is 0.183. The minimum Gasteiger partial charge on any atom is -0.330 e. The van der Waals surface area contributed by atoms with Gasteiger partial charge in [-0.1, -0.05) is 41.5 Å². The predicted octanol–water partition coefficient (Wildman–Crippen LogP) is 2.41. The number of rotatable bonds is 12. The van der Waals surface area contributed by atoms with E-state index in [0.717, 1.165) is 52.0 Å². The first-order valence-corrected chi connectivity index (χ1v) is 8.91. The maximum Gasteiger partial charge on any atom is 0.00740 e. The number of hydrogen-bond acceptors (Lipinski definition) is 4. The van der Waals surface area contributed by atoms with Gasteiger partial charge in [0, 0.05) is 6.04 Å². The molecule has 0 spiro atoms. The molecule has 0 aromatic rings. The maximum atomic E-state index is 6.21. The van der Waals surface area contributed by atoms with Crippen LogP contribution in [-0.4, -0.2) is 43.7 Å². The van der Waals surface area contributed by atoms with Crippen molar-refractivity contribution in [1.82, 2.24) is 4.90 Å². The molecular weight excluding hydrogens is 272 g/mol. The Morgan fingerprint density at radius 1 is 0.818 bits per heavy atom. The number of nitrogens with zero attached hydrogens (tertiary/aromatic N) is 1. The summed E-state index contributed by atoms with van der Waals surface area (Å²) in [5.74, 6) is 0.544. The zero-order valence-corrected chi connectivity index (χ0v) is 16.0. The first kappa shape index (κ1) is 21.8. The Labute approximate surface area is 139 Å². The Kier molecular flexibility index (Phi) is 9.79. The van der Waals surface area contributed by atoms with E-state index in [1.807, 2.05) is 0 Å². The smallest absolute Gasteiger partial charge is 0.00740 e. The van der Waals surface area contributed by atoms with Crippen molar-refractivity contribution >= 4 is 0 Å². The van der Waals surface area contributed by atoms with E-state index in [4.69, 9.17) is 17.2 Å². The molecule has 0 rings (SSSR count). The first-order chi connectivity index (χ1) is 10.0. The van der Waals surface area contributed by atoms with Gasteiger partial charge in [-0.2, -0.15) is 0 Å². The highest BCUT2D eigenvalue weighted by molar-refractivity contribution is 4.76. The molecule has 0 saturated heterocycles. The molecule has 134 valence electrons. The molecule has 0 aromatic heterocycles. The summed E-state index contributed by atoms with van der Waals surface area (Å²) >= 11 is 0. The van der Waals surface area contributed by atoms with Gasteiger partial charge in [0.1, 0.15) is 0 Å². The van der Waals surface area contributed by atoms with Gasteiger partial charge in [-0.15, -0.1) is 0 Å². The first-order valence-electron chi connectivity index (χ1n) is 8.91. The molecule has 0 heterocycles. The zero-order valence-electron chi connectivity index (χ0n) is 16.0. The minimum atomic E-state index is 0.210. The quantitative estimate of drug-likeness (QED) is 0.517. The second-order valence-electron chi connectivity index (χ2n) is 8.77. The van der Waals surface area contributed by atoms with Crippen molar-refractivity contribution in [3.8, 4) is 0 Å². The van der Waals surface area contributed by atoms with Crippen molar-refractivity contribution in [2.45, 2.75) is 66.8 Å². The molecule has 0 aliphatic heterocycles. The summed E-state index contributed by atoms with van der Waals surface area (Å²) in [6.07, 6.45) is 3.32. The summed E-state index contributed by atoms with van der Waals surface area (Å²) in [6.45, 7) is 18.1. The molecule has 4 heteroatoms. The van der Waals surface area contributed by atoms with Crippen LogP contribution in [0.15, 0.2) is 0 Å². The van der Waals surface area contributed by atoms with Gasteiger partial charge < -0.3 is 22.1 Å². The van der Waals surface area contributed by atoms with Crippen LogP contribution in [0.1, 0.15) is 60.8 Å². The van der Waals surface area contributed by atoms with Gasteiger partial charge in [-0.05, 0) is 68.7 Å². The van der Waals surface area contributed by atoms with Gasteiger partial charge in [0.05, 0.1) is 0 Å². The van der Waals surface area contributed by atoms with E-state index in [1.165, 1.54) is 0 Å². The van der Waals surface area contributed by atoms with E-state index in [9.17, 15) is 0 Å². The standard InChI is InChI=1S/C18H42N4/c1-15(2)16(21)7-10-22(11-8-17(3,4)13-19)12-9-18(5,6)14-20/h15-16H,7-14,19-21H2,1-6H3. The highest BCUT2D eigenvalue weighted by atomic mass is 15.1. The van der Waals surface area contributed by atoms with Crippen LogP contribution in [0.4, 0.5) is 0 Å². The van der Waals surface area contributed by atoms with E-state index >= 15 is 0 Å². The van der Waals surface area contributed by atoms with Crippen LogP contribution >= 0.6 is 0 Å². The average Bonchev–Trinajstić information content (AvgIpc) is 2.45. The summed E-state index contributed by atoms with van der Waals surface area (Å²) in [7, 11) is 0. The summed E-state index contributed by atoms with van der Waals surface area (Å²) in [5, 5.41) is 0. The summed E-state index contributed by atoms with van der Waals surface area (Å²) in [5.41, 5.74) is 18.4. The molecule has 1 atom stereocenters. The Bertz CT molecular complexity index is 267. The van der Waals surface area contributed by atoms with Crippen LogP contribution in [0.5, 0.6) is 0 Å². The van der Waals surface area contributed by atoms with E-state index in [-0.39, 0.29) is 16.9 Å². The van der Waals surface area contributed by atoms with E-state index in [2.05, 4.69) is 46.4 Å². The van der Waals surface area contributed by atoms with Gasteiger partial charge in [0.25, 0.3) is 0 Å². The third-order valence-electron chi connectivity index (χ3n) is 4.95. The largest absolute Gasteiger partial charge is 0.330 e. The minimum absolute atomic E-state index is 0.210. The molecular formula is C18H42N4. The predicted molar refractivity (Wildman–Crippen MR) is 98.8 cm³/mol. The molecule has 0 aromatic carbocycles. The van der Waals surface area contributed by atoms with Crippen molar-refractivity contribution in [3.05, 3.63) is 0 Å². The maximum absolute atomic E-state index is 6.21. The number of hydrogen-bond donors (Lipinski definition) is 3. The second kappa shape index (κ2) is 9.86. The SMILES string of the molecule is CC(C)C(N)CCN(CCC(C)(C)CN)CCC(C)(C)CN. The van der Waals surface area contributed by atoms with Crippen LogP contribution in [0.2, 0.25) is 0 Å². The fourth-order valence-corrected chi connectivity index (χ4v) is 2.13. The van der Waals surface area contributed by atoms with Crippen LogP contribution in [0.25, 0.3) is 0 Å². The molecule has 0 bridgehead atoms. The van der Waals surface area contributed by atoms with Crippen molar-refractivity contribution in [2.24, 2.45) is 33.9 Å². The van der Waals surface area contributed by atoms with Gasteiger partial charge in [-0.3, -0.25) is 0 Å². The molecule has 22 heavy (non-hydrogen) atoms. The monoisotopic (exact) mass is 314 g/mol. The van der Waals surface area contributed by atoms with Gasteiger partial charge in [0.2, 0.25) is 0 Å². The number of nitrogens with two attached hydrogens (primary N) is 3. The fraction of sp³-hybridized carbons (Fsp3) is 1.00. The Balaban J connectivity index is 4.49. The molecule has 0 fully saturated rings. The van der Waals surface area contributed by atoms with Crippen molar-refractivity contribution in [2.75, 3.05) is 32.7 Å². The molecule has 0 saturated carbocycles. The Morgan fingerprint density at radius 2 is 1.23 bits per heavy atom. The molecule has 6 N–H and O–H groups in total. The van der Waals surface area contributed by atoms with E-state index in [1.54, 1.807) is 0 Å². The van der Waals surface area contributed by atoms with Gasteiger partial charge >= 0.3 is 0 Å². The Hall–Kier alpha value is -0.160. The normalized spacial score (nSPS) is 14.9. The highest BCUT2D eigenvalue weighted by Gasteiger charge is 2.21. The average molecular weight is 315 g/mol. The van der Waals surface area contributed by atoms with Crippen LogP contribution in [0, 0.1) is 16.7 Å². The lowest BCUT2D eigenvalue weighted by Gasteiger charge is -2.32. The Morgan fingerprint density at radius 3 is 1.55 bits per heavy atom. The topological polar surface area (TPSA) is 81.3 Å².